The van der Waals surface area contributed by atoms with Gasteiger partial charge in [0.1, 0.15) is 11.7 Å². The zero-order chi connectivity index (χ0) is 23.7. The van der Waals surface area contributed by atoms with E-state index in [0.717, 1.165) is 29.2 Å². The second-order valence-corrected chi connectivity index (χ2v) is 7.99. The third-order valence-electron chi connectivity index (χ3n) is 5.76. The highest BCUT2D eigenvalue weighted by Crippen LogP contribution is 2.37. The third-order valence-corrected chi connectivity index (χ3v) is 5.76. The van der Waals surface area contributed by atoms with Crippen molar-refractivity contribution in [2.45, 2.75) is 25.6 Å². The van der Waals surface area contributed by atoms with Gasteiger partial charge in [0.05, 0.1) is 17.3 Å². The molecule has 0 aliphatic carbocycles. The van der Waals surface area contributed by atoms with Gasteiger partial charge in [-0.15, -0.1) is 0 Å². The molecule has 0 amide bonds. The summed E-state index contributed by atoms with van der Waals surface area (Å²) in [5.41, 5.74) is 2.53. The predicted molar refractivity (Wildman–Crippen MR) is 128 cm³/mol. The Morgan fingerprint density at radius 3 is 2.24 bits per heavy atom. The summed E-state index contributed by atoms with van der Waals surface area (Å²) in [6, 6.07) is 24.4. The van der Waals surface area contributed by atoms with E-state index in [-0.39, 0.29) is 17.4 Å². The second-order valence-electron chi connectivity index (χ2n) is 7.99. The molecule has 1 atom stereocenters. The Balaban J connectivity index is 1.64. The molecule has 0 saturated carbocycles. The number of fused-ring (bicyclic) bond motifs is 1. The van der Waals surface area contributed by atoms with E-state index in [1.165, 1.54) is 12.1 Å². The first-order valence-electron chi connectivity index (χ1n) is 11.0. The van der Waals surface area contributed by atoms with E-state index in [4.69, 9.17) is 4.99 Å². The Bertz CT molecular complexity index is 1360. The number of aliphatic imine (C=N–C) groups is 1. The summed E-state index contributed by atoms with van der Waals surface area (Å²) in [6.07, 6.45) is -3.69. The number of nitrogens with zero attached hydrogens (tertiary/aromatic N) is 3. The van der Waals surface area contributed by atoms with Crippen LogP contribution in [-0.4, -0.2) is 15.8 Å². The maximum atomic E-state index is 13.7. The van der Waals surface area contributed by atoms with Crippen LogP contribution in [0.25, 0.3) is 22.6 Å². The van der Waals surface area contributed by atoms with Crippen molar-refractivity contribution in [3.63, 3.8) is 0 Å². The Kier molecular flexibility index (Phi) is 5.61. The van der Waals surface area contributed by atoms with Gasteiger partial charge >= 0.3 is 6.18 Å². The summed E-state index contributed by atoms with van der Waals surface area (Å²) in [7, 11) is 0. The molecule has 0 bridgehead atoms. The molecule has 5 rings (SSSR count). The van der Waals surface area contributed by atoms with Gasteiger partial charge in [0.25, 0.3) is 0 Å². The van der Waals surface area contributed by atoms with Crippen molar-refractivity contribution in [2.24, 2.45) is 4.99 Å². The minimum Gasteiger partial charge on any atom is -0.325 e. The normalized spacial score (nSPS) is 15.1. The molecule has 1 aliphatic rings. The molecule has 4 nitrogen and oxygen atoms in total. The van der Waals surface area contributed by atoms with E-state index >= 15 is 0 Å². The van der Waals surface area contributed by atoms with Gasteiger partial charge in [-0.2, -0.15) is 13.2 Å². The highest BCUT2D eigenvalue weighted by molar-refractivity contribution is 6.11. The minimum atomic E-state index is -4.53. The molecule has 0 saturated heterocycles. The monoisotopic (exact) mass is 458 g/mol. The maximum absolute atomic E-state index is 13.7. The van der Waals surface area contributed by atoms with Gasteiger partial charge in [0, 0.05) is 22.8 Å². The van der Waals surface area contributed by atoms with Gasteiger partial charge in [-0.05, 0) is 18.1 Å². The van der Waals surface area contributed by atoms with Crippen LogP contribution in [0.1, 0.15) is 36.1 Å². The largest absolute Gasteiger partial charge is 0.417 e. The van der Waals surface area contributed by atoms with Gasteiger partial charge in [-0.25, -0.2) is 9.97 Å². The van der Waals surface area contributed by atoms with Crippen LogP contribution in [0.5, 0.6) is 0 Å². The van der Waals surface area contributed by atoms with Crippen LogP contribution in [0.15, 0.2) is 89.9 Å². The highest BCUT2D eigenvalue weighted by Gasteiger charge is 2.34. The molecular formula is C27H21F3N4. The predicted octanol–water partition coefficient (Wildman–Crippen LogP) is 7.15. The Hall–Kier alpha value is -4.00. The van der Waals surface area contributed by atoms with Crippen molar-refractivity contribution < 1.29 is 13.2 Å². The van der Waals surface area contributed by atoms with E-state index in [1.807, 2.05) is 54.6 Å². The molecule has 2 heterocycles. The fourth-order valence-electron chi connectivity index (χ4n) is 4.14. The number of halogens is 3. The number of aromatic nitrogens is 2. The molecule has 1 aromatic heterocycles. The summed E-state index contributed by atoms with van der Waals surface area (Å²) in [5.74, 6) is 1.03. The van der Waals surface area contributed by atoms with Crippen LogP contribution in [0.3, 0.4) is 0 Å². The maximum Gasteiger partial charge on any atom is 0.417 e. The SMILES string of the molecule is CCC1N=C(Nc2cc(-c3ccccc3)nc(-c3ccccc3C(F)(F)F)n2)c2ccccc21. The van der Waals surface area contributed by atoms with Crippen LogP contribution in [-0.2, 0) is 6.18 Å². The molecule has 0 spiro atoms. The van der Waals surface area contributed by atoms with Gasteiger partial charge in [-0.1, -0.05) is 79.7 Å². The first-order chi connectivity index (χ1) is 16.4. The lowest BCUT2D eigenvalue weighted by Crippen LogP contribution is -2.14. The standard InChI is InChI=1S/C27H21F3N4/c1-2-22-18-12-6-7-13-19(18)25(31-22)33-24-16-23(17-10-4-3-5-11-17)32-26(34-24)20-14-8-9-15-21(20)27(28,29)30/h3-16,22H,2H2,1H3,(H,31,32,33,34). The van der Waals surface area contributed by atoms with Crippen LogP contribution < -0.4 is 5.32 Å². The first kappa shape index (κ1) is 21.8. The van der Waals surface area contributed by atoms with Crippen molar-refractivity contribution >= 4 is 11.7 Å². The lowest BCUT2D eigenvalue weighted by atomic mass is 10.0. The topological polar surface area (TPSA) is 50.2 Å². The van der Waals surface area contributed by atoms with E-state index in [9.17, 15) is 13.2 Å². The number of benzene rings is 3. The van der Waals surface area contributed by atoms with Crippen molar-refractivity contribution in [3.05, 3.63) is 102 Å². The molecular weight excluding hydrogens is 437 g/mol. The molecule has 170 valence electrons. The number of rotatable bonds is 4. The molecule has 7 heteroatoms. The molecule has 4 aromatic rings. The zero-order valence-corrected chi connectivity index (χ0v) is 18.3. The van der Waals surface area contributed by atoms with E-state index < -0.39 is 11.7 Å². The van der Waals surface area contributed by atoms with Gasteiger partial charge < -0.3 is 5.32 Å². The minimum absolute atomic E-state index is 0.00398. The fourth-order valence-corrected chi connectivity index (χ4v) is 4.14. The second kappa shape index (κ2) is 8.74. The van der Waals surface area contributed by atoms with Crippen LogP contribution >= 0.6 is 0 Å². The highest BCUT2D eigenvalue weighted by atomic mass is 19.4. The average molecular weight is 458 g/mol. The van der Waals surface area contributed by atoms with Crippen molar-refractivity contribution in [1.82, 2.24) is 9.97 Å². The number of alkyl halides is 3. The Labute approximate surface area is 195 Å². The number of amidine groups is 1. The van der Waals surface area contributed by atoms with Crippen molar-refractivity contribution in [1.29, 1.82) is 0 Å². The number of hydrogen-bond acceptors (Lipinski definition) is 4. The molecule has 0 fully saturated rings. The molecule has 1 N–H and O–H groups in total. The Morgan fingerprint density at radius 2 is 1.50 bits per heavy atom. The summed E-state index contributed by atoms with van der Waals surface area (Å²) < 4.78 is 41.2. The number of nitrogens with one attached hydrogen (secondary N) is 1. The molecule has 1 unspecified atom stereocenters. The van der Waals surface area contributed by atoms with Gasteiger partial charge in [0.15, 0.2) is 5.82 Å². The average Bonchev–Trinajstić information content (AvgIpc) is 3.21. The molecule has 3 aromatic carbocycles. The summed E-state index contributed by atoms with van der Waals surface area (Å²) in [4.78, 5) is 13.8. The third kappa shape index (κ3) is 4.17. The number of anilines is 1. The molecule has 0 radical (unpaired) electrons. The summed E-state index contributed by atoms with van der Waals surface area (Å²) in [5, 5.41) is 3.26. The molecule has 1 aliphatic heterocycles. The lowest BCUT2D eigenvalue weighted by molar-refractivity contribution is -0.137. The zero-order valence-electron chi connectivity index (χ0n) is 18.3. The van der Waals surface area contributed by atoms with Gasteiger partial charge in [-0.3, -0.25) is 4.99 Å². The summed E-state index contributed by atoms with van der Waals surface area (Å²) >= 11 is 0. The lowest BCUT2D eigenvalue weighted by Gasteiger charge is -2.14. The molecule has 34 heavy (non-hydrogen) atoms. The Morgan fingerprint density at radius 1 is 0.824 bits per heavy atom. The van der Waals surface area contributed by atoms with Crippen molar-refractivity contribution in [2.75, 3.05) is 5.32 Å². The number of hydrogen-bond donors (Lipinski definition) is 1. The quantitative estimate of drug-likeness (QED) is 0.353. The van der Waals surface area contributed by atoms with Crippen LogP contribution in [0.2, 0.25) is 0 Å². The van der Waals surface area contributed by atoms with E-state index in [0.29, 0.717) is 17.3 Å². The van der Waals surface area contributed by atoms with Crippen LogP contribution in [0, 0.1) is 0 Å². The van der Waals surface area contributed by atoms with Crippen LogP contribution in [0.4, 0.5) is 19.0 Å². The first-order valence-corrected chi connectivity index (χ1v) is 11.0. The van der Waals surface area contributed by atoms with Crippen molar-refractivity contribution in [3.8, 4) is 22.6 Å². The summed E-state index contributed by atoms with van der Waals surface area (Å²) in [6.45, 7) is 2.07. The van der Waals surface area contributed by atoms with E-state index in [2.05, 4.69) is 22.2 Å². The van der Waals surface area contributed by atoms with E-state index in [1.54, 1.807) is 12.1 Å². The smallest absolute Gasteiger partial charge is 0.325 e. The van der Waals surface area contributed by atoms with Gasteiger partial charge in [0.2, 0.25) is 0 Å². The fraction of sp³-hybridized carbons (Fsp3) is 0.148.